The van der Waals surface area contributed by atoms with Gasteiger partial charge in [-0.05, 0) is 19.4 Å². The molecular weight excluding hydrogens is 272 g/mol. The number of rotatable bonds is 5. The third-order valence-corrected chi connectivity index (χ3v) is 3.20. The van der Waals surface area contributed by atoms with Crippen LogP contribution in [0.25, 0.3) is 0 Å². The summed E-state index contributed by atoms with van der Waals surface area (Å²) in [6.07, 6.45) is 0. The minimum atomic E-state index is -0.986. The Balaban J connectivity index is 2.24. The predicted octanol–water partition coefficient (Wildman–Crippen LogP) is 2.17. The molecule has 1 aromatic heterocycles. The molecule has 0 aliphatic rings. The fourth-order valence-electron chi connectivity index (χ4n) is 1.99. The maximum absolute atomic E-state index is 12.1. The molecule has 2 aromatic rings. The van der Waals surface area contributed by atoms with Crippen molar-refractivity contribution < 1.29 is 19.2 Å². The average molecular weight is 288 g/mol. The monoisotopic (exact) mass is 288 g/mol. The van der Waals surface area contributed by atoms with E-state index in [9.17, 15) is 14.7 Å². The maximum Gasteiger partial charge on any atom is 0.308 e. The fraction of sp³-hybridized carbons (Fsp3) is 0.267. The standard InChI is InChI=1S/C15H16N2O4/c1-9-8-12(17-21-9)14(18)16-13(10(2)15(19)20)11-6-4-3-5-7-11/h3-8,10,13H,1-2H3,(H,16,18)(H,19,20). The number of carbonyl (C=O) groups is 2. The summed E-state index contributed by atoms with van der Waals surface area (Å²) >= 11 is 0. The summed E-state index contributed by atoms with van der Waals surface area (Å²) in [5.74, 6) is -1.71. The molecule has 2 atom stereocenters. The molecule has 0 saturated carbocycles. The number of carbonyl (C=O) groups excluding carboxylic acids is 1. The zero-order chi connectivity index (χ0) is 15.4. The first-order chi connectivity index (χ1) is 9.99. The first-order valence-corrected chi connectivity index (χ1v) is 6.51. The Morgan fingerprint density at radius 1 is 1.29 bits per heavy atom. The molecule has 0 fully saturated rings. The van der Waals surface area contributed by atoms with Crippen molar-refractivity contribution in [2.75, 3.05) is 0 Å². The molecule has 110 valence electrons. The number of nitrogens with zero attached hydrogens (tertiary/aromatic N) is 1. The Bertz CT molecular complexity index is 636. The molecule has 2 unspecified atom stereocenters. The summed E-state index contributed by atoms with van der Waals surface area (Å²) in [5.41, 5.74) is 0.854. The van der Waals surface area contributed by atoms with Gasteiger partial charge in [0.15, 0.2) is 5.69 Å². The van der Waals surface area contributed by atoms with Gasteiger partial charge in [0, 0.05) is 6.07 Å². The lowest BCUT2D eigenvalue weighted by Crippen LogP contribution is -2.35. The molecule has 6 nitrogen and oxygen atoms in total. The maximum atomic E-state index is 12.1. The molecule has 0 aliphatic heterocycles. The van der Waals surface area contributed by atoms with Crippen LogP contribution in [0.5, 0.6) is 0 Å². The highest BCUT2D eigenvalue weighted by Gasteiger charge is 2.27. The molecule has 21 heavy (non-hydrogen) atoms. The van der Waals surface area contributed by atoms with E-state index in [0.717, 1.165) is 5.56 Å². The topological polar surface area (TPSA) is 92.4 Å². The van der Waals surface area contributed by atoms with Crippen molar-refractivity contribution in [3.63, 3.8) is 0 Å². The van der Waals surface area contributed by atoms with Gasteiger partial charge >= 0.3 is 5.97 Å². The molecule has 1 amide bonds. The highest BCUT2D eigenvalue weighted by Crippen LogP contribution is 2.22. The second-order valence-electron chi connectivity index (χ2n) is 4.81. The third kappa shape index (κ3) is 3.47. The summed E-state index contributed by atoms with van der Waals surface area (Å²) in [6, 6.07) is 9.83. The van der Waals surface area contributed by atoms with E-state index in [1.165, 1.54) is 6.07 Å². The average Bonchev–Trinajstić information content (AvgIpc) is 2.91. The lowest BCUT2D eigenvalue weighted by atomic mass is 9.94. The first kappa shape index (κ1) is 14.8. The second kappa shape index (κ2) is 6.21. The molecule has 1 aromatic carbocycles. The van der Waals surface area contributed by atoms with Crippen molar-refractivity contribution in [2.24, 2.45) is 5.92 Å². The Morgan fingerprint density at radius 2 is 1.95 bits per heavy atom. The van der Waals surface area contributed by atoms with Gasteiger partial charge < -0.3 is 14.9 Å². The van der Waals surface area contributed by atoms with Gasteiger partial charge in [-0.25, -0.2) is 0 Å². The van der Waals surface area contributed by atoms with Crippen molar-refractivity contribution in [1.29, 1.82) is 0 Å². The number of nitrogens with one attached hydrogen (secondary N) is 1. The van der Waals surface area contributed by atoms with E-state index in [1.54, 1.807) is 38.1 Å². The summed E-state index contributed by atoms with van der Waals surface area (Å²) in [4.78, 5) is 23.4. The molecule has 0 aliphatic carbocycles. The van der Waals surface area contributed by atoms with Crippen LogP contribution in [0.1, 0.15) is 34.8 Å². The normalized spacial score (nSPS) is 13.4. The SMILES string of the molecule is Cc1cc(C(=O)NC(c2ccccc2)C(C)C(=O)O)no1. The summed E-state index contributed by atoms with van der Waals surface area (Å²) in [6.45, 7) is 3.23. The van der Waals surface area contributed by atoms with E-state index in [-0.39, 0.29) is 5.69 Å². The number of benzene rings is 1. The minimum absolute atomic E-state index is 0.131. The minimum Gasteiger partial charge on any atom is -0.481 e. The Kier molecular flexibility index (Phi) is 4.37. The Labute approximate surface area is 121 Å². The van der Waals surface area contributed by atoms with Crippen LogP contribution < -0.4 is 5.32 Å². The number of hydrogen-bond donors (Lipinski definition) is 2. The number of aryl methyl sites for hydroxylation is 1. The van der Waals surface area contributed by atoms with Crippen LogP contribution in [0.4, 0.5) is 0 Å². The van der Waals surface area contributed by atoms with Gasteiger partial charge in [0.05, 0.1) is 12.0 Å². The van der Waals surface area contributed by atoms with E-state index >= 15 is 0 Å². The lowest BCUT2D eigenvalue weighted by molar-refractivity contribution is -0.142. The van der Waals surface area contributed by atoms with Crippen molar-refractivity contribution in [3.8, 4) is 0 Å². The van der Waals surface area contributed by atoms with Gasteiger partial charge in [-0.2, -0.15) is 0 Å². The molecule has 0 saturated heterocycles. The van der Waals surface area contributed by atoms with Crippen LogP contribution >= 0.6 is 0 Å². The Hall–Kier alpha value is -2.63. The first-order valence-electron chi connectivity index (χ1n) is 6.51. The van der Waals surface area contributed by atoms with Crippen molar-refractivity contribution in [1.82, 2.24) is 10.5 Å². The van der Waals surface area contributed by atoms with Crippen LogP contribution in [0, 0.1) is 12.8 Å². The number of aromatic nitrogens is 1. The number of hydrogen-bond acceptors (Lipinski definition) is 4. The zero-order valence-corrected chi connectivity index (χ0v) is 11.7. The van der Waals surface area contributed by atoms with Crippen LogP contribution in [0.2, 0.25) is 0 Å². The smallest absolute Gasteiger partial charge is 0.308 e. The molecular formula is C15H16N2O4. The third-order valence-electron chi connectivity index (χ3n) is 3.20. The predicted molar refractivity (Wildman–Crippen MR) is 74.7 cm³/mol. The van der Waals surface area contributed by atoms with Gasteiger partial charge in [0.25, 0.3) is 5.91 Å². The zero-order valence-electron chi connectivity index (χ0n) is 11.7. The number of carboxylic acids is 1. The summed E-state index contributed by atoms with van der Waals surface area (Å²) in [5, 5.41) is 15.5. The number of carboxylic acid groups (broad SMARTS) is 1. The summed E-state index contributed by atoms with van der Waals surface area (Å²) < 4.78 is 4.85. The van der Waals surface area contributed by atoms with Gasteiger partial charge in [0.2, 0.25) is 0 Å². The number of aliphatic carboxylic acids is 1. The molecule has 1 heterocycles. The Morgan fingerprint density at radius 3 is 2.48 bits per heavy atom. The van der Waals surface area contributed by atoms with Crippen molar-refractivity contribution >= 4 is 11.9 Å². The van der Waals surface area contributed by atoms with E-state index in [0.29, 0.717) is 5.76 Å². The van der Waals surface area contributed by atoms with E-state index < -0.39 is 23.8 Å². The number of amides is 1. The lowest BCUT2D eigenvalue weighted by Gasteiger charge is -2.22. The molecule has 0 spiro atoms. The van der Waals surface area contributed by atoms with Crippen molar-refractivity contribution in [3.05, 3.63) is 53.4 Å². The second-order valence-corrected chi connectivity index (χ2v) is 4.81. The van der Waals surface area contributed by atoms with E-state index in [1.807, 2.05) is 6.07 Å². The fourth-order valence-corrected chi connectivity index (χ4v) is 1.99. The largest absolute Gasteiger partial charge is 0.481 e. The van der Waals surface area contributed by atoms with Crippen LogP contribution in [-0.2, 0) is 4.79 Å². The van der Waals surface area contributed by atoms with Gasteiger partial charge in [-0.3, -0.25) is 9.59 Å². The van der Waals surface area contributed by atoms with Crippen LogP contribution in [0.3, 0.4) is 0 Å². The molecule has 0 bridgehead atoms. The quantitative estimate of drug-likeness (QED) is 0.879. The van der Waals surface area contributed by atoms with Gasteiger partial charge in [0.1, 0.15) is 5.76 Å². The van der Waals surface area contributed by atoms with E-state index in [4.69, 9.17) is 4.52 Å². The van der Waals surface area contributed by atoms with E-state index in [2.05, 4.69) is 10.5 Å². The van der Waals surface area contributed by atoms with Crippen LogP contribution in [-0.4, -0.2) is 22.1 Å². The van der Waals surface area contributed by atoms with Crippen LogP contribution in [0.15, 0.2) is 40.9 Å². The highest BCUT2D eigenvalue weighted by atomic mass is 16.5. The molecule has 2 rings (SSSR count). The highest BCUT2D eigenvalue weighted by molar-refractivity contribution is 5.92. The summed E-state index contributed by atoms with van der Waals surface area (Å²) in [7, 11) is 0. The van der Waals surface area contributed by atoms with Gasteiger partial charge in [-0.15, -0.1) is 0 Å². The molecule has 0 radical (unpaired) electrons. The van der Waals surface area contributed by atoms with Crippen molar-refractivity contribution in [2.45, 2.75) is 19.9 Å². The molecule has 6 heteroatoms. The molecule has 2 N–H and O–H groups in total. The van der Waals surface area contributed by atoms with Gasteiger partial charge in [-0.1, -0.05) is 35.5 Å².